The molecular weight excluding hydrogens is 208 g/mol. The number of ether oxygens (including phenoxy) is 2. The molecule has 4 heteroatoms. The maximum absolute atomic E-state index is 11.0. The van der Waals surface area contributed by atoms with Gasteiger partial charge in [0.05, 0.1) is 5.60 Å². The molecule has 1 aliphatic rings. The number of rotatable bonds is 4. The summed E-state index contributed by atoms with van der Waals surface area (Å²) in [5.41, 5.74) is -1.27. The third-order valence-electron chi connectivity index (χ3n) is 3.07. The van der Waals surface area contributed by atoms with Crippen LogP contribution in [-0.4, -0.2) is 28.6 Å². The van der Waals surface area contributed by atoms with Gasteiger partial charge in [0.2, 0.25) is 0 Å². The van der Waals surface area contributed by atoms with Crippen LogP contribution in [0.1, 0.15) is 54.4 Å². The van der Waals surface area contributed by atoms with Gasteiger partial charge in [-0.3, -0.25) is 0 Å². The van der Waals surface area contributed by atoms with Gasteiger partial charge in [0.15, 0.2) is 0 Å². The number of carbonyl (C=O) groups excluding carboxylic acids is 1. The molecule has 0 spiro atoms. The molecule has 0 aromatic rings. The zero-order chi connectivity index (χ0) is 11.7. The van der Waals surface area contributed by atoms with E-state index in [2.05, 4.69) is 0 Å². The lowest BCUT2D eigenvalue weighted by molar-refractivity contribution is 0.0138. The van der Waals surface area contributed by atoms with Gasteiger partial charge in [-0.1, -0.05) is 14.4 Å². The average molecular weight is 232 g/mol. The highest BCUT2D eigenvalue weighted by Gasteiger charge is 2.44. The molecule has 2 atom stereocenters. The van der Waals surface area contributed by atoms with Gasteiger partial charge in [-0.2, -0.15) is 0 Å². The van der Waals surface area contributed by atoms with Crippen LogP contribution in [-0.2, 0) is 9.47 Å². The molecule has 1 fully saturated rings. The first-order chi connectivity index (χ1) is 6.77. The van der Waals surface area contributed by atoms with E-state index < -0.39 is 17.4 Å². The number of cyclic esters (lactones) is 2. The van der Waals surface area contributed by atoms with E-state index in [1.165, 1.54) is 0 Å². The van der Waals surface area contributed by atoms with Gasteiger partial charge in [-0.25, -0.2) is 4.79 Å². The Morgan fingerprint density at radius 2 is 2.06 bits per heavy atom. The molecule has 16 heavy (non-hydrogen) atoms. The van der Waals surface area contributed by atoms with E-state index in [4.69, 9.17) is 9.47 Å². The monoisotopic (exact) mass is 232 g/mol. The summed E-state index contributed by atoms with van der Waals surface area (Å²) in [6, 6.07) is 0. The Bertz CT molecular complexity index is 245. The first kappa shape index (κ1) is 15.2. The van der Waals surface area contributed by atoms with Crippen LogP contribution in [0.4, 0.5) is 4.79 Å². The lowest BCUT2D eigenvalue weighted by Gasteiger charge is -2.26. The van der Waals surface area contributed by atoms with E-state index in [9.17, 15) is 9.90 Å². The van der Waals surface area contributed by atoms with Crippen LogP contribution >= 0.6 is 0 Å². The third-order valence-corrected chi connectivity index (χ3v) is 3.07. The number of hydrogen-bond acceptors (Lipinski definition) is 4. The van der Waals surface area contributed by atoms with Crippen LogP contribution < -0.4 is 0 Å². The summed E-state index contributed by atoms with van der Waals surface area (Å²) in [7, 11) is 0. The van der Waals surface area contributed by atoms with Gasteiger partial charge in [0.25, 0.3) is 0 Å². The van der Waals surface area contributed by atoms with Crippen molar-refractivity contribution >= 4 is 6.16 Å². The predicted molar refractivity (Wildman–Crippen MR) is 62.3 cm³/mol. The molecular formula is C12H24O4. The van der Waals surface area contributed by atoms with E-state index >= 15 is 0 Å². The van der Waals surface area contributed by atoms with Gasteiger partial charge in [0, 0.05) is 0 Å². The van der Waals surface area contributed by atoms with Gasteiger partial charge < -0.3 is 14.6 Å². The van der Waals surface area contributed by atoms with Crippen molar-refractivity contribution in [3.63, 3.8) is 0 Å². The standard InChI is InChI=1S/C11H20O4.CH4/c1-5-11(4,13)7-6-8-10(2,3)15-9(12)14-8;/h8,13H,5-7H2,1-4H3;1H4/t8-,11+;/m1./s1. The molecule has 1 N–H and O–H groups in total. The molecule has 1 saturated heterocycles. The van der Waals surface area contributed by atoms with Crippen molar-refractivity contribution in [3.05, 3.63) is 0 Å². The molecule has 0 aromatic heterocycles. The van der Waals surface area contributed by atoms with Gasteiger partial charge in [-0.15, -0.1) is 0 Å². The summed E-state index contributed by atoms with van der Waals surface area (Å²) >= 11 is 0. The summed E-state index contributed by atoms with van der Waals surface area (Å²) in [4.78, 5) is 11.0. The second-order valence-electron chi connectivity index (χ2n) is 4.95. The summed E-state index contributed by atoms with van der Waals surface area (Å²) < 4.78 is 10.1. The minimum Gasteiger partial charge on any atom is -0.427 e. The molecule has 0 aliphatic carbocycles. The molecule has 4 nitrogen and oxygen atoms in total. The molecule has 0 unspecified atom stereocenters. The van der Waals surface area contributed by atoms with Crippen LogP contribution in [0, 0.1) is 0 Å². The normalized spacial score (nSPS) is 26.3. The second kappa shape index (κ2) is 5.04. The molecule has 1 heterocycles. The highest BCUT2D eigenvalue weighted by atomic mass is 16.8. The Balaban J connectivity index is 0.00000225. The van der Waals surface area contributed by atoms with Crippen LogP contribution in [0.3, 0.4) is 0 Å². The van der Waals surface area contributed by atoms with Gasteiger partial charge in [0.1, 0.15) is 11.7 Å². The summed E-state index contributed by atoms with van der Waals surface area (Å²) in [5.74, 6) is 0. The summed E-state index contributed by atoms with van der Waals surface area (Å²) in [6.45, 7) is 7.37. The van der Waals surface area contributed by atoms with Crippen molar-refractivity contribution in [1.29, 1.82) is 0 Å². The smallest absolute Gasteiger partial charge is 0.427 e. The Morgan fingerprint density at radius 3 is 2.44 bits per heavy atom. The molecule has 0 bridgehead atoms. The molecule has 96 valence electrons. The Hall–Kier alpha value is -0.770. The summed E-state index contributed by atoms with van der Waals surface area (Å²) in [6.07, 6.45) is 1.05. The first-order valence-electron chi connectivity index (χ1n) is 5.39. The van der Waals surface area contributed by atoms with E-state index in [-0.39, 0.29) is 13.5 Å². The second-order valence-corrected chi connectivity index (χ2v) is 4.95. The highest BCUT2D eigenvalue weighted by molar-refractivity contribution is 5.63. The molecule has 1 aliphatic heterocycles. The molecule has 0 saturated carbocycles. The van der Waals surface area contributed by atoms with Crippen molar-refractivity contribution in [1.82, 2.24) is 0 Å². The van der Waals surface area contributed by atoms with E-state index in [0.717, 1.165) is 0 Å². The Kier molecular flexibility index (Phi) is 4.80. The van der Waals surface area contributed by atoms with Crippen LogP contribution in [0.5, 0.6) is 0 Å². The number of carbonyl (C=O) groups is 1. The minimum absolute atomic E-state index is 0. The molecule has 1 rings (SSSR count). The maximum Gasteiger partial charge on any atom is 0.509 e. The first-order valence-corrected chi connectivity index (χ1v) is 5.39. The quantitative estimate of drug-likeness (QED) is 0.757. The van der Waals surface area contributed by atoms with Crippen molar-refractivity contribution in [2.24, 2.45) is 0 Å². The van der Waals surface area contributed by atoms with Crippen LogP contribution in [0.25, 0.3) is 0 Å². The van der Waals surface area contributed by atoms with Crippen molar-refractivity contribution in [2.75, 3.05) is 0 Å². The topological polar surface area (TPSA) is 55.8 Å². The number of hydrogen-bond donors (Lipinski definition) is 1. The van der Waals surface area contributed by atoms with Gasteiger partial charge >= 0.3 is 6.16 Å². The van der Waals surface area contributed by atoms with E-state index in [1.54, 1.807) is 6.92 Å². The Morgan fingerprint density at radius 1 is 1.50 bits per heavy atom. The van der Waals surface area contributed by atoms with Gasteiger partial charge in [-0.05, 0) is 40.0 Å². The average Bonchev–Trinajstić information content (AvgIpc) is 2.36. The Labute approximate surface area is 97.9 Å². The molecule has 0 radical (unpaired) electrons. The lowest BCUT2D eigenvalue weighted by atomic mass is 9.90. The van der Waals surface area contributed by atoms with Crippen LogP contribution in [0.2, 0.25) is 0 Å². The van der Waals surface area contributed by atoms with Crippen molar-refractivity contribution < 1.29 is 19.4 Å². The predicted octanol–water partition coefficient (Wildman–Crippen LogP) is 2.88. The zero-order valence-electron chi connectivity index (χ0n) is 9.87. The fourth-order valence-corrected chi connectivity index (χ4v) is 1.59. The molecule has 0 aromatic carbocycles. The maximum atomic E-state index is 11.0. The van der Waals surface area contributed by atoms with E-state index in [0.29, 0.717) is 19.3 Å². The minimum atomic E-state index is -0.689. The van der Waals surface area contributed by atoms with E-state index in [1.807, 2.05) is 20.8 Å². The largest absolute Gasteiger partial charge is 0.509 e. The van der Waals surface area contributed by atoms with Crippen LogP contribution in [0.15, 0.2) is 0 Å². The lowest BCUT2D eigenvalue weighted by Crippen LogP contribution is -2.35. The van der Waals surface area contributed by atoms with Crippen molar-refractivity contribution in [3.8, 4) is 0 Å². The SMILES string of the molecule is C.CC[C@](C)(O)CC[C@H]1OC(=O)OC1(C)C. The fourth-order valence-electron chi connectivity index (χ4n) is 1.59. The summed E-state index contributed by atoms with van der Waals surface area (Å²) in [5, 5.41) is 9.84. The zero-order valence-corrected chi connectivity index (χ0v) is 9.87. The molecule has 0 amide bonds. The fraction of sp³-hybridized carbons (Fsp3) is 0.917. The highest BCUT2D eigenvalue weighted by Crippen LogP contribution is 2.31. The van der Waals surface area contributed by atoms with Crippen molar-refractivity contribution in [2.45, 2.75) is 71.7 Å². The third kappa shape index (κ3) is 3.67. The number of aliphatic hydroxyl groups is 1.